The molecule has 0 aliphatic carbocycles. The lowest BCUT2D eigenvalue weighted by Gasteiger charge is -2.33. The van der Waals surface area contributed by atoms with Crippen LogP contribution in [0, 0.1) is 5.41 Å². The van der Waals surface area contributed by atoms with Gasteiger partial charge in [-0.25, -0.2) is 0 Å². The van der Waals surface area contributed by atoms with Gasteiger partial charge in [-0.3, -0.25) is 0 Å². The summed E-state index contributed by atoms with van der Waals surface area (Å²) in [5.74, 6) is 0. The van der Waals surface area contributed by atoms with Gasteiger partial charge in [0.05, 0.1) is 6.10 Å². The van der Waals surface area contributed by atoms with Crippen LogP contribution in [-0.4, -0.2) is 11.3 Å². The molecule has 13 heavy (non-hydrogen) atoms. The Bertz CT molecular complexity index is 139. The molecule has 0 aromatic heterocycles. The zero-order chi connectivity index (χ0) is 10.9. The molecular formula is C10H22ClOP. The molecule has 0 radical (unpaired) electrons. The Morgan fingerprint density at radius 1 is 1.08 bits per heavy atom. The van der Waals surface area contributed by atoms with Gasteiger partial charge in [0, 0.05) is 5.16 Å². The number of halogens is 1. The first-order valence-electron chi connectivity index (χ1n) is 4.68. The molecule has 3 heteroatoms. The van der Waals surface area contributed by atoms with Gasteiger partial charge in [-0.05, 0) is 12.3 Å². The van der Waals surface area contributed by atoms with Crippen LogP contribution in [0.2, 0.25) is 0 Å². The SMILES string of the molecule is CC(OP(Cl)C(C)(C)C)C(C)(C)C. The van der Waals surface area contributed by atoms with Crippen molar-refractivity contribution >= 4 is 18.7 Å². The van der Waals surface area contributed by atoms with Gasteiger partial charge in [0.15, 0.2) is 0 Å². The Labute approximate surface area is 88.8 Å². The van der Waals surface area contributed by atoms with E-state index in [1.165, 1.54) is 0 Å². The van der Waals surface area contributed by atoms with Gasteiger partial charge < -0.3 is 4.52 Å². The lowest BCUT2D eigenvalue weighted by Crippen LogP contribution is -2.26. The van der Waals surface area contributed by atoms with E-state index in [1.54, 1.807) is 0 Å². The van der Waals surface area contributed by atoms with Crippen molar-refractivity contribution < 1.29 is 4.52 Å². The lowest BCUT2D eigenvalue weighted by atomic mass is 9.91. The quantitative estimate of drug-likeness (QED) is 0.613. The predicted octanol–water partition coefficient (Wildman–Crippen LogP) is 4.79. The third-order valence-electron chi connectivity index (χ3n) is 2.00. The van der Waals surface area contributed by atoms with Gasteiger partial charge in [-0.1, -0.05) is 52.8 Å². The summed E-state index contributed by atoms with van der Waals surface area (Å²) in [5.41, 5.74) is 0.167. The van der Waals surface area contributed by atoms with Crippen LogP contribution < -0.4 is 0 Å². The van der Waals surface area contributed by atoms with Crippen LogP contribution in [0.1, 0.15) is 48.5 Å². The molecule has 0 bridgehead atoms. The number of rotatable bonds is 2. The van der Waals surface area contributed by atoms with E-state index in [0.717, 1.165) is 0 Å². The molecule has 0 heterocycles. The van der Waals surface area contributed by atoms with E-state index in [2.05, 4.69) is 48.5 Å². The van der Waals surface area contributed by atoms with Crippen LogP contribution in [0.5, 0.6) is 0 Å². The van der Waals surface area contributed by atoms with E-state index in [9.17, 15) is 0 Å². The monoisotopic (exact) mass is 224 g/mol. The van der Waals surface area contributed by atoms with Gasteiger partial charge in [0.25, 0.3) is 0 Å². The molecule has 0 saturated heterocycles. The molecule has 80 valence electrons. The summed E-state index contributed by atoms with van der Waals surface area (Å²) < 4.78 is 5.81. The third-order valence-corrected chi connectivity index (χ3v) is 5.31. The minimum absolute atomic E-state index is 0.0659. The topological polar surface area (TPSA) is 9.23 Å². The zero-order valence-electron chi connectivity index (χ0n) is 9.81. The molecule has 0 aliphatic rings. The second-order valence-electron chi connectivity index (χ2n) is 5.53. The van der Waals surface area contributed by atoms with Crippen molar-refractivity contribution in [3.8, 4) is 0 Å². The fourth-order valence-electron chi connectivity index (χ4n) is 0.455. The van der Waals surface area contributed by atoms with Gasteiger partial charge in [0.1, 0.15) is 7.50 Å². The van der Waals surface area contributed by atoms with Crippen molar-refractivity contribution in [1.29, 1.82) is 0 Å². The fourth-order valence-corrected chi connectivity index (χ4v) is 1.72. The zero-order valence-corrected chi connectivity index (χ0v) is 11.5. The number of hydrogen-bond donors (Lipinski definition) is 0. The largest absolute Gasteiger partial charge is 0.339 e. The van der Waals surface area contributed by atoms with E-state index < -0.39 is 7.50 Å². The summed E-state index contributed by atoms with van der Waals surface area (Å²) in [6.07, 6.45) is 0.204. The highest BCUT2D eigenvalue weighted by atomic mass is 35.7. The van der Waals surface area contributed by atoms with Crippen molar-refractivity contribution in [2.45, 2.75) is 59.7 Å². The van der Waals surface area contributed by atoms with Crippen molar-refractivity contribution in [2.75, 3.05) is 0 Å². The molecule has 0 rings (SSSR count). The van der Waals surface area contributed by atoms with Crippen molar-refractivity contribution in [2.24, 2.45) is 5.41 Å². The van der Waals surface area contributed by atoms with E-state index in [-0.39, 0.29) is 16.7 Å². The first kappa shape index (κ1) is 13.7. The smallest absolute Gasteiger partial charge is 0.130 e. The maximum atomic E-state index is 6.20. The Balaban J connectivity index is 4.15. The molecule has 0 fully saturated rings. The molecule has 0 amide bonds. The lowest BCUT2D eigenvalue weighted by molar-refractivity contribution is 0.117. The second-order valence-corrected chi connectivity index (χ2v) is 8.49. The fraction of sp³-hybridized carbons (Fsp3) is 1.00. The molecule has 2 atom stereocenters. The van der Waals surface area contributed by atoms with Crippen LogP contribution in [0.4, 0.5) is 0 Å². The van der Waals surface area contributed by atoms with Crippen LogP contribution in [0.25, 0.3) is 0 Å². The Morgan fingerprint density at radius 2 is 1.46 bits per heavy atom. The number of hydrogen-bond acceptors (Lipinski definition) is 1. The Hall–Kier alpha value is 0.680. The van der Waals surface area contributed by atoms with Crippen molar-refractivity contribution in [1.82, 2.24) is 0 Å². The molecule has 0 aromatic carbocycles. The highest BCUT2D eigenvalue weighted by Crippen LogP contribution is 2.56. The van der Waals surface area contributed by atoms with Gasteiger partial charge in [-0.15, -0.1) is 0 Å². The maximum absolute atomic E-state index is 6.20. The molecule has 0 spiro atoms. The summed E-state index contributed by atoms with van der Waals surface area (Å²) in [6, 6.07) is 0. The second kappa shape index (κ2) is 4.47. The first-order chi connectivity index (χ1) is 5.55. The predicted molar refractivity (Wildman–Crippen MR) is 62.5 cm³/mol. The highest BCUT2D eigenvalue weighted by molar-refractivity contribution is 7.81. The minimum Gasteiger partial charge on any atom is -0.339 e. The molecule has 2 unspecified atom stereocenters. The van der Waals surface area contributed by atoms with Crippen molar-refractivity contribution in [3.05, 3.63) is 0 Å². The first-order valence-corrected chi connectivity index (χ1v) is 6.84. The molecule has 0 saturated carbocycles. The average Bonchev–Trinajstić information content (AvgIpc) is 1.82. The van der Waals surface area contributed by atoms with E-state index >= 15 is 0 Å². The molecule has 0 aliphatic heterocycles. The average molecular weight is 225 g/mol. The van der Waals surface area contributed by atoms with E-state index in [4.69, 9.17) is 15.8 Å². The van der Waals surface area contributed by atoms with Gasteiger partial charge in [-0.2, -0.15) is 0 Å². The summed E-state index contributed by atoms with van der Waals surface area (Å²) >= 11 is 6.20. The van der Waals surface area contributed by atoms with Crippen LogP contribution in [0.15, 0.2) is 0 Å². The van der Waals surface area contributed by atoms with E-state index in [0.29, 0.717) is 0 Å². The standard InChI is InChI=1S/C10H22ClOP/c1-8(9(2,3)4)12-13(11)10(5,6)7/h8H,1-7H3. The van der Waals surface area contributed by atoms with E-state index in [1.807, 2.05) is 0 Å². The summed E-state index contributed by atoms with van der Waals surface area (Å²) in [5, 5.41) is 0.0659. The minimum atomic E-state index is -0.853. The van der Waals surface area contributed by atoms with Crippen molar-refractivity contribution in [3.63, 3.8) is 0 Å². The van der Waals surface area contributed by atoms with Crippen LogP contribution in [0.3, 0.4) is 0 Å². The maximum Gasteiger partial charge on any atom is 0.130 e. The highest BCUT2D eigenvalue weighted by Gasteiger charge is 2.30. The summed E-state index contributed by atoms with van der Waals surface area (Å²) in [7, 11) is -0.853. The molecular weight excluding hydrogens is 203 g/mol. The Kier molecular flexibility index (Phi) is 4.70. The van der Waals surface area contributed by atoms with Gasteiger partial charge >= 0.3 is 0 Å². The van der Waals surface area contributed by atoms with Crippen LogP contribution in [-0.2, 0) is 4.52 Å². The molecule has 0 N–H and O–H groups in total. The van der Waals surface area contributed by atoms with Gasteiger partial charge in [0.2, 0.25) is 0 Å². The summed E-state index contributed by atoms with van der Waals surface area (Å²) in [6.45, 7) is 14.9. The Morgan fingerprint density at radius 3 is 1.69 bits per heavy atom. The van der Waals surface area contributed by atoms with Crippen LogP contribution >= 0.6 is 18.7 Å². The molecule has 1 nitrogen and oxygen atoms in total. The summed E-state index contributed by atoms with van der Waals surface area (Å²) in [4.78, 5) is 0. The molecule has 0 aromatic rings. The third kappa shape index (κ3) is 5.20. The normalized spacial score (nSPS) is 18.5.